The maximum atomic E-state index is 11.8. The summed E-state index contributed by atoms with van der Waals surface area (Å²) in [7, 11) is -3.76. The van der Waals surface area contributed by atoms with Gasteiger partial charge in [0.25, 0.3) is 0 Å². The van der Waals surface area contributed by atoms with Crippen LogP contribution in [0.5, 0.6) is 11.5 Å². The van der Waals surface area contributed by atoms with Crippen LogP contribution in [0.15, 0.2) is 77.7 Å². The quantitative estimate of drug-likeness (QED) is 0.263. The van der Waals surface area contributed by atoms with Crippen molar-refractivity contribution in [2.75, 3.05) is 6.79 Å². The highest BCUT2D eigenvalue weighted by Crippen LogP contribution is 2.33. The zero-order valence-corrected chi connectivity index (χ0v) is 23.4. The predicted octanol–water partition coefficient (Wildman–Crippen LogP) is 4.39. The molecule has 0 amide bonds. The Labute approximate surface area is 235 Å². The summed E-state index contributed by atoms with van der Waals surface area (Å²) in [6.07, 6.45) is 2.07. The maximum Gasteiger partial charge on any atom is 0.238 e. The number of imidazole rings is 1. The van der Waals surface area contributed by atoms with Gasteiger partial charge < -0.3 is 19.8 Å². The molecule has 40 heavy (non-hydrogen) atoms. The molecule has 0 saturated carbocycles. The number of sulfonamides is 1. The molecule has 0 saturated heterocycles. The number of aromatic nitrogens is 2. The third kappa shape index (κ3) is 6.37. The smallest absolute Gasteiger partial charge is 0.238 e. The largest absolute Gasteiger partial charge is 0.454 e. The van der Waals surface area contributed by atoms with Crippen LogP contribution in [0.25, 0.3) is 11.4 Å². The van der Waals surface area contributed by atoms with E-state index in [0.717, 1.165) is 64.8 Å². The second kappa shape index (κ2) is 12.2. The van der Waals surface area contributed by atoms with Gasteiger partial charge >= 0.3 is 0 Å². The van der Waals surface area contributed by atoms with E-state index < -0.39 is 10.0 Å². The van der Waals surface area contributed by atoms with Crippen molar-refractivity contribution in [3.63, 3.8) is 0 Å². The molecule has 0 fully saturated rings. The first-order chi connectivity index (χ1) is 19.4. The highest BCUT2D eigenvalue weighted by atomic mass is 32.2. The number of hydrogen-bond acceptors (Lipinski definition) is 7. The number of unbranched alkanes of at least 4 members (excludes halogenated alkanes) is 1. The molecule has 5 rings (SSSR count). The number of ether oxygens (including phenoxy) is 2. The van der Waals surface area contributed by atoms with Crippen molar-refractivity contribution in [1.29, 1.82) is 0 Å². The lowest BCUT2D eigenvalue weighted by molar-refractivity contribution is 0.174. The van der Waals surface area contributed by atoms with E-state index in [0.29, 0.717) is 26.2 Å². The van der Waals surface area contributed by atoms with Gasteiger partial charge in [-0.25, -0.2) is 18.5 Å². The molecule has 1 aliphatic rings. The number of nitrogens with two attached hydrogens (primary N) is 2. The Balaban J connectivity index is 1.51. The molecule has 0 spiro atoms. The monoisotopic (exact) mass is 561 g/mol. The van der Waals surface area contributed by atoms with Crippen molar-refractivity contribution in [2.45, 2.75) is 57.4 Å². The Bertz CT molecular complexity index is 1550. The Kier molecular flexibility index (Phi) is 8.51. The summed E-state index contributed by atoms with van der Waals surface area (Å²) in [6, 6.07) is 22.9. The Hall–Kier alpha value is -3.70. The molecule has 1 aromatic heterocycles. The summed E-state index contributed by atoms with van der Waals surface area (Å²) in [5.74, 6) is 2.39. The Morgan fingerprint density at radius 2 is 1.62 bits per heavy atom. The molecule has 10 heteroatoms. The van der Waals surface area contributed by atoms with Crippen LogP contribution in [-0.4, -0.2) is 29.7 Å². The van der Waals surface area contributed by atoms with E-state index in [9.17, 15) is 8.42 Å². The van der Waals surface area contributed by atoms with Crippen LogP contribution >= 0.6 is 0 Å². The molecule has 3 aromatic carbocycles. The number of nitrogens with zero attached hydrogens (tertiary/aromatic N) is 3. The van der Waals surface area contributed by atoms with Crippen molar-refractivity contribution >= 4 is 10.0 Å². The number of fused-ring (bicyclic) bond motifs is 1. The van der Waals surface area contributed by atoms with Gasteiger partial charge in [-0.05, 0) is 41.8 Å². The maximum absolute atomic E-state index is 11.8. The zero-order chi connectivity index (χ0) is 28.1. The molecule has 1 aliphatic heterocycles. The van der Waals surface area contributed by atoms with Crippen LogP contribution in [-0.2, 0) is 42.7 Å². The van der Waals surface area contributed by atoms with E-state index in [-0.39, 0.29) is 11.7 Å². The number of primary sulfonamides is 1. The van der Waals surface area contributed by atoms with Crippen molar-refractivity contribution in [1.82, 2.24) is 14.5 Å². The van der Waals surface area contributed by atoms with E-state index in [1.165, 1.54) is 0 Å². The number of rotatable bonds is 12. The van der Waals surface area contributed by atoms with Gasteiger partial charge in [-0.1, -0.05) is 61.9 Å². The summed E-state index contributed by atoms with van der Waals surface area (Å²) in [5, 5.41) is 5.31. The molecule has 9 nitrogen and oxygen atoms in total. The van der Waals surface area contributed by atoms with Crippen molar-refractivity contribution in [3.8, 4) is 22.9 Å². The molecule has 4 N–H and O–H groups in total. The molecular weight excluding hydrogens is 526 g/mol. The second-order valence-electron chi connectivity index (χ2n) is 9.93. The van der Waals surface area contributed by atoms with E-state index in [1.54, 1.807) is 24.3 Å². The minimum Gasteiger partial charge on any atom is -0.454 e. The van der Waals surface area contributed by atoms with E-state index >= 15 is 0 Å². The third-order valence-corrected chi connectivity index (χ3v) is 7.92. The molecule has 210 valence electrons. The van der Waals surface area contributed by atoms with Gasteiger partial charge in [-0.15, -0.1) is 0 Å². The second-order valence-corrected chi connectivity index (χ2v) is 11.5. The van der Waals surface area contributed by atoms with Crippen LogP contribution in [0.2, 0.25) is 0 Å². The van der Waals surface area contributed by atoms with Gasteiger partial charge in [-0.3, -0.25) is 4.90 Å². The Morgan fingerprint density at radius 1 is 0.925 bits per heavy atom. The summed E-state index contributed by atoms with van der Waals surface area (Å²) >= 11 is 0. The lowest BCUT2D eigenvalue weighted by Gasteiger charge is -2.25. The molecule has 0 unspecified atom stereocenters. The summed E-state index contributed by atoms with van der Waals surface area (Å²) in [5.41, 5.74) is 11.3. The highest BCUT2D eigenvalue weighted by Gasteiger charge is 2.21. The van der Waals surface area contributed by atoms with Crippen molar-refractivity contribution in [3.05, 3.63) is 95.3 Å². The van der Waals surface area contributed by atoms with Crippen LogP contribution in [0.1, 0.15) is 42.3 Å². The average molecular weight is 562 g/mol. The standard InChI is InChI=1S/C30H35N5O4S/c1-2-3-15-35-27(26(17-31)33-30(35)24-7-5-4-6-8-24)20-34(18-22-9-12-25(13-10-22)40(32,36)37)19-23-11-14-28-29(16-23)39-21-38-28/h4-14,16H,2-3,15,17-21,31H2,1H3,(H2,32,36,37). The SMILES string of the molecule is CCCCn1c(-c2ccccc2)nc(CN)c1CN(Cc1ccc(S(N)(=O)=O)cc1)Cc1ccc2c(c1)OCO2. The summed E-state index contributed by atoms with van der Waals surface area (Å²) < 4.78 is 37.0. The fourth-order valence-electron chi connectivity index (χ4n) is 4.96. The average Bonchev–Trinajstić information content (AvgIpc) is 3.56. The topological polar surface area (TPSA) is 126 Å². The summed E-state index contributed by atoms with van der Waals surface area (Å²) in [6.45, 7) is 5.36. The fraction of sp³-hybridized carbons (Fsp3) is 0.300. The van der Waals surface area contributed by atoms with Gasteiger partial charge in [0.05, 0.1) is 16.3 Å². The zero-order valence-electron chi connectivity index (χ0n) is 22.6. The van der Waals surface area contributed by atoms with Crippen molar-refractivity contribution < 1.29 is 17.9 Å². The van der Waals surface area contributed by atoms with Gasteiger partial charge in [0.15, 0.2) is 11.5 Å². The third-order valence-electron chi connectivity index (χ3n) is 6.99. The van der Waals surface area contributed by atoms with Gasteiger partial charge in [0, 0.05) is 38.3 Å². The van der Waals surface area contributed by atoms with Crippen molar-refractivity contribution in [2.24, 2.45) is 10.9 Å². The molecule has 0 atom stereocenters. The molecule has 0 aliphatic carbocycles. The molecule has 2 heterocycles. The number of benzene rings is 3. The van der Waals surface area contributed by atoms with E-state index in [2.05, 4.69) is 28.5 Å². The van der Waals surface area contributed by atoms with Gasteiger partial charge in [0.2, 0.25) is 16.8 Å². The van der Waals surface area contributed by atoms with Gasteiger partial charge in [-0.2, -0.15) is 0 Å². The molecular formula is C30H35N5O4S. The minimum absolute atomic E-state index is 0.0918. The van der Waals surface area contributed by atoms with Crippen LogP contribution in [0.4, 0.5) is 0 Å². The predicted molar refractivity (Wildman–Crippen MR) is 154 cm³/mol. The first-order valence-corrected chi connectivity index (χ1v) is 15.0. The number of hydrogen-bond donors (Lipinski definition) is 2. The van der Waals surface area contributed by atoms with E-state index in [1.807, 2.05) is 36.4 Å². The molecule has 0 radical (unpaired) electrons. The summed E-state index contributed by atoms with van der Waals surface area (Å²) in [4.78, 5) is 7.39. The first-order valence-electron chi connectivity index (χ1n) is 13.4. The van der Waals surface area contributed by atoms with Crippen LogP contribution in [0, 0.1) is 0 Å². The molecule has 0 bridgehead atoms. The van der Waals surface area contributed by atoms with Crippen LogP contribution < -0.4 is 20.3 Å². The first kappa shape index (κ1) is 27.9. The lowest BCUT2D eigenvalue weighted by Crippen LogP contribution is -2.25. The minimum atomic E-state index is -3.76. The molecule has 4 aromatic rings. The van der Waals surface area contributed by atoms with Gasteiger partial charge in [0.1, 0.15) is 5.82 Å². The highest BCUT2D eigenvalue weighted by molar-refractivity contribution is 7.89. The Morgan fingerprint density at radius 3 is 2.33 bits per heavy atom. The van der Waals surface area contributed by atoms with Crippen LogP contribution in [0.3, 0.4) is 0 Å². The normalized spacial score (nSPS) is 12.8. The lowest BCUT2D eigenvalue weighted by atomic mass is 10.1. The van der Waals surface area contributed by atoms with E-state index in [4.69, 9.17) is 25.3 Å². The fourth-order valence-corrected chi connectivity index (χ4v) is 5.48.